The van der Waals surface area contributed by atoms with Crippen molar-refractivity contribution in [3.63, 3.8) is 0 Å². The van der Waals surface area contributed by atoms with Crippen LogP contribution in [0.3, 0.4) is 0 Å². The van der Waals surface area contributed by atoms with Gasteiger partial charge < -0.3 is 15.2 Å². The van der Waals surface area contributed by atoms with Gasteiger partial charge in [-0.05, 0) is 32.9 Å². The van der Waals surface area contributed by atoms with Gasteiger partial charge in [0.25, 0.3) is 5.91 Å². The van der Waals surface area contributed by atoms with E-state index >= 15 is 0 Å². The molecule has 3 rings (SSSR count). The molecule has 2 N–H and O–H groups in total. The van der Waals surface area contributed by atoms with Gasteiger partial charge in [-0.3, -0.25) is 9.59 Å². The minimum atomic E-state index is -0.731. The van der Waals surface area contributed by atoms with E-state index in [0.717, 1.165) is 16.3 Å². The molecular weight excluding hydrogens is 352 g/mol. The van der Waals surface area contributed by atoms with Crippen molar-refractivity contribution >= 4 is 29.0 Å². The maximum atomic E-state index is 12.5. The van der Waals surface area contributed by atoms with E-state index in [0.29, 0.717) is 17.1 Å². The molecule has 0 aliphatic carbocycles. The third kappa shape index (κ3) is 4.15. The van der Waals surface area contributed by atoms with Crippen molar-refractivity contribution in [3.8, 4) is 10.6 Å². The Morgan fingerprint density at radius 1 is 1.23 bits per heavy atom. The van der Waals surface area contributed by atoms with Gasteiger partial charge in [0.2, 0.25) is 5.91 Å². The number of aromatic nitrogens is 2. The van der Waals surface area contributed by atoms with Gasteiger partial charge in [0, 0.05) is 28.3 Å². The molecule has 2 heterocycles. The van der Waals surface area contributed by atoms with Crippen LogP contribution in [0.2, 0.25) is 0 Å². The molecule has 2 aromatic heterocycles. The molecule has 0 saturated heterocycles. The minimum Gasteiger partial charge on any atom is -0.360 e. The van der Waals surface area contributed by atoms with Crippen molar-refractivity contribution in [2.24, 2.45) is 0 Å². The van der Waals surface area contributed by atoms with Gasteiger partial charge in [0.15, 0.2) is 5.82 Å². The van der Waals surface area contributed by atoms with E-state index in [4.69, 9.17) is 4.52 Å². The molecule has 26 heavy (non-hydrogen) atoms. The maximum Gasteiger partial charge on any atom is 0.251 e. The monoisotopic (exact) mass is 370 g/mol. The van der Waals surface area contributed by atoms with Crippen molar-refractivity contribution in [2.75, 3.05) is 5.32 Å². The smallest absolute Gasteiger partial charge is 0.251 e. The fourth-order valence-electron chi connectivity index (χ4n) is 2.29. The highest BCUT2D eigenvalue weighted by Gasteiger charge is 2.18. The van der Waals surface area contributed by atoms with E-state index in [9.17, 15) is 9.59 Å². The fourth-order valence-corrected chi connectivity index (χ4v) is 3.08. The molecule has 0 aliphatic heterocycles. The molecule has 7 nitrogen and oxygen atoms in total. The number of thiazole rings is 1. The minimum absolute atomic E-state index is 0.315. The summed E-state index contributed by atoms with van der Waals surface area (Å²) in [5.41, 5.74) is 2.27. The van der Waals surface area contributed by atoms with E-state index in [1.165, 1.54) is 11.3 Å². The van der Waals surface area contributed by atoms with E-state index < -0.39 is 6.04 Å². The number of anilines is 1. The zero-order valence-corrected chi connectivity index (χ0v) is 15.4. The van der Waals surface area contributed by atoms with Gasteiger partial charge in [-0.1, -0.05) is 17.3 Å². The topological polar surface area (TPSA) is 97.1 Å². The lowest BCUT2D eigenvalue weighted by atomic mass is 10.1. The SMILES string of the molecule is Cc1csc(-c2cccc(C(=O)N[C@H](C)C(=O)Nc3cc(C)on3)c2)n1. The van der Waals surface area contributed by atoms with Crippen molar-refractivity contribution in [1.82, 2.24) is 15.5 Å². The average molecular weight is 370 g/mol. The standard InChI is InChI=1S/C18H18N4O3S/c1-10-9-26-18(19-10)14-6-4-5-13(8-14)17(24)20-12(3)16(23)21-15-7-11(2)25-22-15/h4-9,12H,1-3H3,(H,20,24)(H,21,22,23)/t12-/m1/s1. The van der Waals surface area contributed by atoms with Crippen LogP contribution >= 0.6 is 11.3 Å². The number of amides is 2. The quantitative estimate of drug-likeness (QED) is 0.719. The van der Waals surface area contributed by atoms with Gasteiger partial charge in [0.05, 0.1) is 0 Å². The highest BCUT2D eigenvalue weighted by molar-refractivity contribution is 7.13. The van der Waals surface area contributed by atoms with E-state index in [1.54, 1.807) is 38.1 Å². The summed E-state index contributed by atoms with van der Waals surface area (Å²) < 4.78 is 4.90. The Balaban J connectivity index is 1.66. The first-order valence-corrected chi connectivity index (χ1v) is 8.88. The molecule has 1 atom stereocenters. The Bertz CT molecular complexity index is 947. The summed E-state index contributed by atoms with van der Waals surface area (Å²) in [6, 6.07) is 8.03. The van der Waals surface area contributed by atoms with Crippen LogP contribution in [0.5, 0.6) is 0 Å². The second-order valence-electron chi connectivity index (χ2n) is 5.88. The molecule has 0 spiro atoms. The van der Waals surface area contributed by atoms with E-state index in [2.05, 4.69) is 20.8 Å². The summed E-state index contributed by atoms with van der Waals surface area (Å²) in [7, 11) is 0. The summed E-state index contributed by atoms with van der Waals surface area (Å²) in [4.78, 5) is 29.1. The number of hydrogen-bond donors (Lipinski definition) is 2. The first-order chi connectivity index (χ1) is 12.4. The molecule has 0 radical (unpaired) electrons. The Morgan fingerprint density at radius 2 is 2.04 bits per heavy atom. The van der Waals surface area contributed by atoms with Gasteiger partial charge in [0.1, 0.15) is 16.8 Å². The van der Waals surface area contributed by atoms with Crippen LogP contribution in [0.15, 0.2) is 40.2 Å². The Morgan fingerprint density at radius 3 is 2.69 bits per heavy atom. The summed E-state index contributed by atoms with van der Waals surface area (Å²) in [5, 5.41) is 11.8. The predicted octanol–water partition coefficient (Wildman–Crippen LogP) is 3.17. The van der Waals surface area contributed by atoms with Crippen LogP contribution in [0.1, 0.15) is 28.7 Å². The van der Waals surface area contributed by atoms with Crippen LogP contribution in [-0.4, -0.2) is 28.0 Å². The fraction of sp³-hybridized carbons (Fsp3) is 0.222. The third-order valence-electron chi connectivity index (χ3n) is 3.61. The van der Waals surface area contributed by atoms with Crippen LogP contribution < -0.4 is 10.6 Å². The summed E-state index contributed by atoms with van der Waals surface area (Å²) in [6.07, 6.45) is 0. The Hall–Kier alpha value is -3.00. The van der Waals surface area contributed by atoms with Crippen molar-refractivity contribution in [3.05, 3.63) is 52.7 Å². The lowest BCUT2D eigenvalue weighted by molar-refractivity contribution is -0.117. The number of carbonyl (C=O) groups is 2. The zero-order valence-electron chi connectivity index (χ0n) is 14.6. The molecular formula is C18H18N4O3S. The number of rotatable bonds is 5. The largest absolute Gasteiger partial charge is 0.360 e. The van der Waals surface area contributed by atoms with Crippen molar-refractivity contribution < 1.29 is 14.1 Å². The molecule has 8 heteroatoms. The highest BCUT2D eigenvalue weighted by Crippen LogP contribution is 2.24. The Kier molecular flexibility index (Phi) is 5.13. The van der Waals surface area contributed by atoms with Crippen LogP contribution in [0.4, 0.5) is 5.82 Å². The second kappa shape index (κ2) is 7.49. The van der Waals surface area contributed by atoms with Gasteiger partial charge in [-0.15, -0.1) is 11.3 Å². The molecule has 0 fully saturated rings. The third-order valence-corrected chi connectivity index (χ3v) is 4.62. The van der Waals surface area contributed by atoms with E-state index in [1.807, 2.05) is 18.4 Å². The number of nitrogens with one attached hydrogen (secondary N) is 2. The van der Waals surface area contributed by atoms with Gasteiger partial charge >= 0.3 is 0 Å². The molecule has 0 unspecified atom stereocenters. The van der Waals surface area contributed by atoms with Crippen molar-refractivity contribution in [2.45, 2.75) is 26.8 Å². The lowest BCUT2D eigenvalue weighted by Crippen LogP contribution is -2.41. The summed E-state index contributed by atoms with van der Waals surface area (Å²) in [6.45, 7) is 5.26. The molecule has 2 amide bonds. The first-order valence-electron chi connectivity index (χ1n) is 8.00. The number of aryl methyl sites for hydroxylation is 2. The molecule has 3 aromatic rings. The van der Waals surface area contributed by atoms with Crippen LogP contribution in [0, 0.1) is 13.8 Å². The van der Waals surface area contributed by atoms with Crippen molar-refractivity contribution in [1.29, 1.82) is 0 Å². The van der Waals surface area contributed by atoms with Crippen LogP contribution in [-0.2, 0) is 4.79 Å². The maximum absolute atomic E-state index is 12.5. The molecule has 1 aromatic carbocycles. The predicted molar refractivity (Wildman–Crippen MR) is 99.1 cm³/mol. The first kappa shape index (κ1) is 17.8. The summed E-state index contributed by atoms with van der Waals surface area (Å²) >= 11 is 1.52. The molecule has 0 aliphatic rings. The normalized spacial score (nSPS) is 11.8. The van der Waals surface area contributed by atoms with Crippen LogP contribution in [0.25, 0.3) is 10.6 Å². The highest BCUT2D eigenvalue weighted by atomic mass is 32.1. The molecule has 0 bridgehead atoms. The molecule has 134 valence electrons. The number of hydrogen-bond acceptors (Lipinski definition) is 6. The number of benzene rings is 1. The van der Waals surface area contributed by atoms with Gasteiger partial charge in [-0.25, -0.2) is 4.98 Å². The van der Waals surface area contributed by atoms with E-state index in [-0.39, 0.29) is 11.8 Å². The zero-order chi connectivity index (χ0) is 18.7. The average Bonchev–Trinajstić information content (AvgIpc) is 3.23. The summed E-state index contributed by atoms with van der Waals surface area (Å²) in [5.74, 6) is 0.193. The second-order valence-corrected chi connectivity index (χ2v) is 6.74. The lowest BCUT2D eigenvalue weighted by Gasteiger charge is -2.13. The molecule has 0 saturated carbocycles. The Labute approximate surface area is 154 Å². The number of nitrogens with zero attached hydrogens (tertiary/aromatic N) is 2. The number of carbonyl (C=O) groups excluding carboxylic acids is 2. The van der Waals surface area contributed by atoms with Gasteiger partial charge in [-0.2, -0.15) is 0 Å².